The average Bonchev–Trinajstić information content (AvgIpc) is 2.95. The first-order chi connectivity index (χ1) is 10.2. The third-order valence-corrected chi connectivity index (χ3v) is 3.67. The van der Waals surface area contributed by atoms with E-state index < -0.39 is 0 Å². The van der Waals surface area contributed by atoms with E-state index in [1.807, 2.05) is 6.92 Å². The number of hydrogen-bond acceptors (Lipinski definition) is 4. The number of carbonyl (C=O) groups excluding carboxylic acids is 1. The SMILES string of the molecule is CCc1nc(SCC(=O)NCCc2ccc(F)cc2)n[nH]1. The smallest absolute Gasteiger partial charge is 0.230 e. The number of nitrogens with one attached hydrogen (secondary N) is 2. The van der Waals surface area contributed by atoms with Gasteiger partial charge in [-0.3, -0.25) is 9.89 Å². The lowest BCUT2D eigenvalue weighted by molar-refractivity contribution is -0.118. The standard InChI is InChI=1S/C14H17FN4OS/c1-2-12-17-14(19-18-12)21-9-13(20)16-8-7-10-3-5-11(15)6-4-10/h3-6H,2,7-9H2,1H3,(H,16,20)(H,17,18,19). The molecule has 0 aliphatic rings. The number of hydrogen-bond donors (Lipinski definition) is 2. The molecule has 0 unspecified atom stereocenters. The highest BCUT2D eigenvalue weighted by Gasteiger charge is 2.06. The molecule has 0 saturated carbocycles. The summed E-state index contributed by atoms with van der Waals surface area (Å²) >= 11 is 1.30. The largest absolute Gasteiger partial charge is 0.355 e. The van der Waals surface area contributed by atoms with Gasteiger partial charge in [0.2, 0.25) is 11.1 Å². The van der Waals surface area contributed by atoms with Gasteiger partial charge in [-0.2, -0.15) is 0 Å². The van der Waals surface area contributed by atoms with Crippen LogP contribution in [-0.4, -0.2) is 33.4 Å². The van der Waals surface area contributed by atoms with Crippen LogP contribution in [-0.2, 0) is 17.6 Å². The molecule has 0 aliphatic heterocycles. The first-order valence-corrected chi connectivity index (χ1v) is 7.71. The molecule has 1 amide bonds. The molecule has 0 radical (unpaired) electrons. The van der Waals surface area contributed by atoms with Crippen LogP contribution in [0.3, 0.4) is 0 Å². The van der Waals surface area contributed by atoms with Gasteiger partial charge in [-0.15, -0.1) is 5.10 Å². The summed E-state index contributed by atoms with van der Waals surface area (Å²) < 4.78 is 12.7. The third kappa shape index (κ3) is 5.18. The van der Waals surface area contributed by atoms with Crippen molar-refractivity contribution in [2.75, 3.05) is 12.3 Å². The number of nitrogens with zero attached hydrogens (tertiary/aromatic N) is 2. The molecular formula is C14H17FN4OS. The fraction of sp³-hybridized carbons (Fsp3) is 0.357. The predicted octanol–water partition coefficient (Wildman–Crippen LogP) is 1.96. The number of aryl methyl sites for hydroxylation is 1. The van der Waals surface area contributed by atoms with E-state index in [0.717, 1.165) is 17.8 Å². The van der Waals surface area contributed by atoms with Gasteiger partial charge in [0, 0.05) is 13.0 Å². The molecule has 0 atom stereocenters. The number of H-pyrrole nitrogens is 1. The third-order valence-electron chi connectivity index (χ3n) is 2.83. The number of rotatable bonds is 7. The second-order valence-corrected chi connectivity index (χ2v) is 5.38. The minimum absolute atomic E-state index is 0.0649. The fourth-order valence-electron chi connectivity index (χ4n) is 1.68. The van der Waals surface area contributed by atoms with Gasteiger partial charge in [-0.1, -0.05) is 30.8 Å². The lowest BCUT2D eigenvalue weighted by Crippen LogP contribution is -2.27. The monoisotopic (exact) mass is 308 g/mol. The summed E-state index contributed by atoms with van der Waals surface area (Å²) in [5, 5.41) is 10.2. The molecule has 0 spiro atoms. The number of amides is 1. The summed E-state index contributed by atoms with van der Waals surface area (Å²) in [6.45, 7) is 2.51. The van der Waals surface area contributed by atoms with Gasteiger partial charge in [-0.05, 0) is 24.1 Å². The van der Waals surface area contributed by atoms with Crippen molar-refractivity contribution in [3.05, 3.63) is 41.5 Å². The first-order valence-electron chi connectivity index (χ1n) is 6.72. The van der Waals surface area contributed by atoms with E-state index in [9.17, 15) is 9.18 Å². The van der Waals surface area contributed by atoms with Gasteiger partial charge in [0.1, 0.15) is 11.6 Å². The van der Waals surface area contributed by atoms with Gasteiger partial charge in [0.15, 0.2) is 0 Å². The van der Waals surface area contributed by atoms with Crippen molar-refractivity contribution in [3.8, 4) is 0 Å². The molecule has 5 nitrogen and oxygen atoms in total. The van der Waals surface area contributed by atoms with Crippen molar-refractivity contribution in [2.24, 2.45) is 0 Å². The zero-order chi connectivity index (χ0) is 15.1. The van der Waals surface area contributed by atoms with Crippen molar-refractivity contribution >= 4 is 17.7 Å². The van der Waals surface area contributed by atoms with Gasteiger partial charge >= 0.3 is 0 Å². The minimum Gasteiger partial charge on any atom is -0.355 e. The van der Waals surface area contributed by atoms with E-state index in [2.05, 4.69) is 20.5 Å². The summed E-state index contributed by atoms with van der Waals surface area (Å²) in [7, 11) is 0. The molecule has 7 heteroatoms. The minimum atomic E-state index is -0.253. The Hall–Kier alpha value is -1.89. The number of benzene rings is 1. The van der Waals surface area contributed by atoms with E-state index in [0.29, 0.717) is 18.1 Å². The van der Waals surface area contributed by atoms with E-state index in [1.54, 1.807) is 12.1 Å². The number of thioether (sulfide) groups is 1. The van der Waals surface area contributed by atoms with Crippen LogP contribution in [0.4, 0.5) is 4.39 Å². The molecule has 21 heavy (non-hydrogen) atoms. The Kier molecular flexibility index (Phi) is 5.74. The lowest BCUT2D eigenvalue weighted by atomic mass is 10.1. The average molecular weight is 308 g/mol. The molecule has 2 rings (SSSR count). The van der Waals surface area contributed by atoms with Crippen LogP contribution in [0.5, 0.6) is 0 Å². The molecule has 112 valence electrons. The zero-order valence-electron chi connectivity index (χ0n) is 11.7. The van der Waals surface area contributed by atoms with Crippen LogP contribution in [0, 0.1) is 5.82 Å². The molecule has 1 aromatic heterocycles. The summed E-state index contributed by atoms with van der Waals surface area (Å²) in [6.07, 6.45) is 1.47. The van der Waals surface area contributed by atoms with Crippen molar-refractivity contribution in [1.82, 2.24) is 20.5 Å². The second kappa shape index (κ2) is 7.78. The Labute approximate surface area is 126 Å². The normalized spacial score (nSPS) is 10.6. The topological polar surface area (TPSA) is 70.7 Å². The van der Waals surface area contributed by atoms with Crippen LogP contribution < -0.4 is 5.32 Å². The van der Waals surface area contributed by atoms with E-state index in [-0.39, 0.29) is 17.5 Å². The highest BCUT2D eigenvalue weighted by molar-refractivity contribution is 7.99. The van der Waals surface area contributed by atoms with Crippen LogP contribution in [0.15, 0.2) is 29.4 Å². The van der Waals surface area contributed by atoms with Gasteiger partial charge in [-0.25, -0.2) is 9.37 Å². The van der Waals surface area contributed by atoms with Crippen LogP contribution in [0.2, 0.25) is 0 Å². The van der Waals surface area contributed by atoms with Crippen molar-refractivity contribution in [3.63, 3.8) is 0 Å². The Morgan fingerprint density at radius 1 is 1.38 bits per heavy atom. The highest BCUT2D eigenvalue weighted by Crippen LogP contribution is 2.11. The quantitative estimate of drug-likeness (QED) is 0.767. The summed E-state index contributed by atoms with van der Waals surface area (Å²) in [5.74, 6) is 0.779. The Balaban J connectivity index is 1.66. The first kappa shape index (κ1) is 15.5. The van der Waals surface area contributed by atoms with E-state index in [1.165, 1.54) is 23.9 Å². The lowest BCUT2D eigenvalue weighted by Gasteiger charge is -2.04. The van der Waals surface area contributed by atoms with E-state index >= 15 is 0 Å². The zero-order valence-corrected chi connectivity index (χ0v) is 12.5. The summed E-state index contributed by atoms with van der Waals surface area (Å²) in [4.78, 5) is 15.9. The Bertz CT molecular complexity index is 585. The highest BCUT2D eigenvalue weighted by atomic mass is 32.2. The molecule has 0 bridgehead atoms. The number of aromatic amines is 1. The molecule has 0 fully saturated rings. The molecule has 2 N–H and O–H groups in total. The van der Waals surface area contributed by atoms with E-state index in [4.69, 9.17) is 0 Å². The molecule has 0 saturated heterocycles. The Morgan fingerprint density at radius 2 is 2.14 bits per heavy atom. The number of carbonyl (C=O) groups is 1. The maximum Gasteiger partial charge on any atom is 0.230 e. The van der Waals surface area contributed by atoms with Gasteiger partial charge < -0.3 is 5.32 Å². The predicted molar refractivity (Wildman–Crippen MR) is 79.6 cm³/mol. The molecule has 1 aromatic carbocycles. The second-order valence-electron chi connectivity index (χ2n) is 4.43. The van der Waals surface area contributed by atoms with Crippen molar-refractivity contribution in [2.45, 2.75) is 24.9 Å². The van der Waals surface area contributed by atoms with Crippen LogP contribution in [0.1, 0.15) is 18.3 Å². The van der Waals surface area contributed by atoms with Crippen molar-refractivity contribution in [1.29, 1.82) is 0 Å². The summed E-state index contributed by atoms with van der Waals surface area (Å²) in [6, 6.07) is 6.27. The molecule has 1 heterocycles. The van der Waals surface area contributed by atoms with Crippen LogP contribution in [0.25, 0.3) is 0 Å². The summed E-state index contributed by atoms with van der Waals surface area (Å²) in [5.41, 5.74) is 0.992. The number of halogens is 1. The molecule has 2 aromatic rings. The number of aromatic nitrogens is 3. The maximum atomic E-state index is 12.7. The molecule has 0 aliphatic carbocycles. The maximum absolute atomic E-state index is 12.7. The van der Waals surface area contributed by atoms with Crippen molar-refractivity contribution < 1.29 is 9.18 Å². The van der Waals surface area contributed by atoms with Crippen LogP contribution >= 0.6 is 11.8 Å². The Morgan fingerprint density at radius 3 is 2.81 bits per heavy atom. The van der Waals surface area contributed by atoms with Gasteiger partial charge in [0.05, 0.1) is 5.75 Å². The van der Waals surface area contributed by atoms with Gasteiger partial charge in [0.25, 0.3) is 0 Å². The molecular weight excluding hydrogens is 291 g/mol. The fourth-order valence-corrected chi connectivity index (χ4v) is 2.33.